The van der Waals surface area contributed by atoms with Crippen LogP contribution in [0.4, 0.5) is 0 Å². The summed E-state index contributed by atoms with van der Waals surface area (Å²) in [5.74, 6) is 0.430. The second-order valence-electron chi connectivity index (χ2n) is 4.25. The van der Waals surface area contributed by atoms with Crippen molar-refractivity contribution in [3.63, 3.8) is 0 Å². The van der Waals surface area contributed by atoms with Crippen LogP contribution in [0.15, 0.2) is 0 Å². The summed E-state index contributed by atoms with van der Waals surface area (Å²) in [7, 11) is 0. The Hall–Kier alpha value is -0.200. The number of fused-ring (bicyclic) bond motifs is 1. The lowest BCUT2D eigenvalue weighted by molar-refractivity contribution is -0.265. The van der Waals surface area contributed by atoms with Crippen molar-refractivity contribution in [2.75, 3.05) is 26.3 Å². The molecule has 0 aliphatic carbocycles. The van der Waals surface area contributed by atoms with Crippen molar-refractivity contribution < 1.29 is 14.2 Å². The molecule has 0 bridgehead atoms. The minimum absolute atomic E-state index is 0.0178. The van der Waals surface area contributed by atoms with E-state index in [9.17, 15) is 0 Å². The summed E-state index contributed by atoms with van der Waals surface area (Å²) in [6.07, 6.45) is 1.82. The van der Waals surface area contributed by atoms with Crippen LogP contribution in [0.2, 0.25) is 0 Å². The molecule has 2 aliphatic rings. The quantitative estimate of drug-likeness (QED) is 0.647. The van der Waals surface area contributed by atoms with Crippen molar-refractivity contribution in [1.29, 1.82) is 0 Å². The first-order chi connectivity index (χ1) is 7.33. The van der Waals surface area contributed by atoms with Gasteiger partial charge in [-0.05, 0) is 25.3 Å². The molecular weight excluding hydrogens is 196 g/mol. The lowest BCUT2D eigenvalue weighted by Crippen LogP contribution is -2.46. The Morgan fingerprint density at radius 1 is 1.00 bits per heavy atom. The Bertz CT molecular complexity index is 201. The molecule has 0 aromatic rings. The summed E-state index contributed by atoms with van der Waals surface area (Å²) in [6, 6.07) is 0. The van der Waals surface area contributed by atoms with Gasteiger partial charge in [0.05, 0.1) is 19.3 Å². The maximum absolute atomic E-state index is 5.80. The van der Waals surface area contributed by atoms with Gasteiger partial charge in [0.2, 0.25) is 0 Å². The lowest BCUT2D eigenvalue weighted by atomic mass is 10.0. The van der Waals surface area contributed by atoms with Crippen LogP contribution in [-0.4, -0.2) is 44.8 Å². The van der Waals surface area contributed by atoms with Gasteiger partial charge in [-0.15, -0.1) is 0 Å². The topological polar surface area (TPSA) is 79.7 Å². The van der Waals surface area contributed by atoms with Crippen LogP contribution in [0.1, 0.15) is 12.8 Å². The lowest BCUT2D eigenvalue weighted by Gasteiger charge is -2.34. The molecule has 2 rings (SSSR count). The highest BCUT2D eigenvalue weighted by Gasteiger charge is 2.35. The Kier molecular flexibility index (Phi) is 3.93. The van der Waals surface area contributed by atoms with Crippen molar-refractivity contribution in [3.05, 3.63) is 0 Å². The molecule has 5 nitrogen and oxygen atoms in total. The zero-order valence-electron chi connectivity index (χ0n) is 8.93. The molecule has 2 aliphatic heterocycles. The summed E-state index contributed by atoms with van der Waals surface area (Å²) in [6.45, 7) is 2.38. The second kappa shape index (κ2) is 5.23. The molecule has 15 heavy (non-hydrogen) atoms. The van der Waals surface area contributed by atoms with Crippen molar-refractivity contribution in [2.45, 2.75) is 31.3 Å². The first-order valence-electron chi connectivity index (χ1n) is 5.62. The van der Waals surface area contributed by atoms with E-state index in [4.69, 9.17) is 25.7 Å². The normalized spacial score (nSPS) is 42.0. The molecule has 0 saturated carbocycles. The Balaban J connectivity index is 1.90. The number of ether oxygens (including phenoxy) is 3. The minimum atomic E-state index is -0.218. The summed E-state index contributed by atoms with van der Waals surface area (Å²) < 4.78 is 17.0. The van der Waals surface area contributed by atoms with Gasteiger partial charge in [0.15, 0.2) is 6.29 Å². The molecule has 4 N–H and O–H groups in total. The van der Waals surface area contributed by atoms with Gasteiger partial charge < -0.3 is 25.7 Å². The summed E-state index contributed by atoms with van der Waals surface area (Å²) in [5.41, 5.74) is 11.2. The molecule has 0 aromatic heterocycles. The molecule has 0 spiro atoms. The fraction of sp³-hybridized carbons (Fsp3) is 1.00. The van der Waals surface area contributed by atoms with Gasteiger partial charge in [-0.1, -0.05) is 0 Å². The van der Waals surface area contributed by atoms with E-state index in [1.807, 2.05) is 0 Å². The van der Waals surface area contributed by atoms with E-state index in [1.165, 1.54) is 0 Å². The molecule has 0 aromatic carbocycles. The molecule has 2 heterocycles. The van der Waals surface area contributed by atoms with Gasteiger partial charge in [-0.3, -0.25) is 0 Å². The Labute approximate surface area is 90.0 Å². The van der Waals surface area contributed by atoms with Crippen molar-refractivity contribution in [1.82, 2.24) is 0 Å². The highest BCUT2D eigenvalue weighted by molar-refractivity contribution is 4.77. The molecule has 5 heteroatoms. The van der Waals surface area contributed by atoms with E-state index in [2.05, 4.69) is 0 Å². The van der Waals surface area contributed by atoms with Crippen LogP contribution in [0.5, 0.6) is 0 Å². The van der Waals surface area contributed by atoms with E-state index in [0.29, 0.717) is 32.2 Å². The first-order valence-corrected chi connectivity index (χ1v) is 5.62. The van der Waals surface area contributed by atoms with E-state index >= 15 is 0 Å². The van der Waals surface area contributed by atoms with Gasteiger partial charge in [0, 0.05) is 6.54 Å². The number of hydrogen-bond donors (Lipinski definition) is 2. The molecular formula is C10H20N2O3. The zero-order chi connectivity index (χ0) is 10.7. The third-order valence-electron chi connectivity index (χ3n) is 3.07. The summed E-state index contributed by atoms with van der Waals surface area (Å²) in [4.78, 5) is 0. The highest BCUT2D eigenvalue weighted by Crippen LogP contribution is 2.25. The van der Waals surface area contributed by atoms with Crippen LogP contribution in [-0.2, 0) is 14.2 Å². The monoisotopic (exact) mass is 216 g/mol. The third-order valence-corrected chi connectivity index (χ3v) is 3.07. The maximum Gasteiger partial charge on any atom is 0.183 e. The highest BCUT2D eigenvalue weighted by atomic mass is 16.7. The molecule has 2 saturated heterocycles. The maximum atomic E-state index is 5.80. The first kappa shape index (κ1) is 11.3. The smallest absolute Gasteiger partial charge is 0.183 e. The van der Waals surface area contributed by atoms with Gasteiger partial charge in [0.25, 0.3) is 0 Å². The van der Waals surface area contributed by atoms with E-state index in [-0.39, 0.29) is 18.5 Å². The minimum Gasteiger partial charge on any atom is -0.366 e. The Morgan fingerprint density at radius 3 is 2.53 bits per heavy atom. The second-order valence-corrected chi connectivity index (χ2v) is 4.25. The van der Waals surface area contributed by atoms with Crippen LogP contribution in [0.25, 0.3) is 0 Å². The predicted molar refractivity (Wildman–Crippen MR) is 55.2 cm³/mol. The van der Waals surface area contributed by atoms with Crippen LogP contribution in [0, 0.1) is 5.92 Å². The third kappa shape index (κ3) is 2.68. The van der Waals surface area contributed by atoms with E-state index in [1.54, 1.807) is 0 Å². The molecule has 4 unspecified atom stereocenters. The standard InChI is InChI=1S/C10H20N2O3/c11-3-7-1-2-9-10(13-5-7)14-6-8(4-12)15-9/h7-10H,1-6,11-12H2. The molecule has 88 valence electrons. The number of rotatable bonds is 2. The average Bonchev–Trinajstić information content (AvgIpc) is 2.50. The van der Waals surface area contributed by atoms with Gasteiger partial charge in [-0.25, -0.2) is 0 Å². The summed E-state index contributed by atoms with van der Waals surface area (Å²) in [5, 5.41) is 0. The largest absolute Gasteiger partial charge is 0.366 e. The van der Waals surface area contributed by atoms with Crippen molar-refractivity contribution in [2.24, 2.45) is 17.4 Å². The SMILES string of the molecule is NCC1CCC2OC(CN)COC2OC1. The molecule has 2 fully saturated rings. The van der Waals surface area contributed by atoms with Crippen molar-refractivity contribution in [3.8, 4) is 0 Å². The Morgan fingerprint density at radius 2 is 1.80 bits per heavy atom. The molecule has 4 atom stereocenters. The van der Waals surface area contributed by atoms with Crippen molar-refractivity contribution >= 4 is 0 Å². The fourth-order valence-electron chi connectivity index (χ4n) is 2.04. The van der Waals surface area contributed by atoms with E-state index in [0.717, 1.165) is 12.8 Å². The molecule has 0 radical (unpaired) electrons. The summed E-state index contributed by atoms with van der Waals surface area (Å²) >= 11 is 0. The number of nitrogens with two attached hydrogens (primary N) is 2. The van der Waals surface area contributed by atoms with Gasteiger partial charge in [-0.2, -0.15) is 0 Å². The number of hydrogen-bond acceptors (Lipinski definition) is 5. The van der Waals surface area contributed by atoms with Gasteiger partial charge >= 0.3 is 0 Å². The van der Waals surface area contributed by atoms with Crippen LogP contribution < -0.4 is 11.5 Å². The molecule has 0 amide bonds. The average molecular weight is 216 g/mol. The van der Waals surface area contributed by atoms with Gasteiger partial charge in [0.1, 0.15) is 6.10 Å². The van der Waals surface area contributed by atoms with E-state index < -0.39 is 0 Å². The van der Waals surface area contributed by atoms with Crippen LogP contribution >= 0.6 is 0 Å². The fourth-order valence-corrected chi connectivity index (χ4v) is 2.04. The predicted octanol–water partition coefficient (Wildman–Crippen LogP) is -0.559. The zero-order valence-corrected chi connectivity index (χ0v) is 8.93. The van der Waals surface area contributed by atoms with Crippen LogP contribution in [0.3, 0.4) is 0 Å².